The minimum absolute atomic E-state index is 0.0983. The van der Waals surface area contributed by atoms with Gasteiger partial charge in [0.25, 0.3) is 5.91 Å². The number of likely N-dealkylation sites (tertiary alicyclic amines) is 1. The first-order valence-electron chi connectivity index (χ1n) is 8.95. The van der Waals surface area contributed by atoms with Crippen LogP contribution >= 0.6 is 11.8 Å². The molecule has 0 spiro atoms. The van der Waals surface area contributed by atoms with E-state index in [-0.39, 0.29) is 5.91 Å². The van der Waals surface area contributed by atoms with Crippen LogP contribution in [0.5, 0.6) is 0 Å². The first-order chi connectivity index (χ1) is 12.2. The molecule has 0 atom stereocenters. The summed E-state index contributed by atoms with van der Waals surface area (Å²) in [5, 5.41) is 16.8. The second-order valence-corrected chi connectivity index (χ2v) is 7.76. The van der Waals surface area contributed by atoms with E-state index < -0.39 is 0 Å². The fourth-order valence-corrected chi connectivity index (χ4v) is 4.45. The molecule has 0 aromatic carbocycles. The fraction of sp³-hybridized carbons (Fsp3) is 0.647. The Bertz CT molecular complexity index is 774. The van der Waals surface area contributed by atoms with Gasteiger partial charge >= 0.3 is 0 Å². The van der Waals surface area contributed by atoms with Gasteiger partial charge in [-0.3, -0.25) is 9.89 Å². The van der Waals surface area contributed by atoms with E-state index >= 15 is 0 Å². The molecule has 2 aromatic rings. The number of piperidine rings is 1. The summed E-state index contributed by atoms with van der Waals surface area (Å²) in [7, 11) is 2.03. The summed E-state index contributed by atoms with van der Waals surface area (Å²) in [5.74, 6) is 1.70. The molecule has 1 amide bonds. The molecule has 3 heterocycles. The third-order valence-electron chi connectivity index (χ3n) is 5.49. The van der Waals surface area contributed by atoms with Crippen molar-refractivity contribution in [2.75, 3.05) is 19.3 Å². The molecule has 0 bridgehead atoms. The highest BCUT2D eigenvalue weighted by Crippen LogP contribution is 2.27. The van der Waals surface area contributed by atoms with Gasteiger partial charge in [-0.2, -0.15) is 5.10 Å². The van der Waals surface area contributed by atoms with Gasteiger partial charge in [-0.15, -0.1) is 10.2 Å². The van der Waals surface area contributed by atoms with Crippen LogP contribution in [0.1, 0.15) is 46.8 Å². The van der Waals surface area contributed by atoms with Crippen molar-refractivity contribution in [2.24, 2.45) is 13.0 Å². The predicted octanol–water partition coefficient (Wildman–Crippen LogP) is 1.84. The third-order valence-corrected chi connectivity index (χ3v) is 6.21. The predicted molar refractivity (Wildman–Crippen MR) is 95.7 cm³/mol. The smallest absolute Gasteiger partial charge is 0.274 e. The summed E-state index contributed by atoms with van der Waals surface area (Å²) in [6.45, 7) is 1.61. The molecule has 0 saturated carbocycles. The number of H-pyrrole nitrogens is 1. The Morgan fingerprint density at radius 1 is 1.28 bits per heavy atom. The molecular formula is C17H24N6OS. The summed E-state index contributed by atoms with van der Waals surface area (Å²) in [6, 6.07) is 0. The summed E-state index contributed by atoms with van der Waals surface area (Å²) in [4.78, 5) is 14.8. The van der Waals surface area contributed by atoms with E-state index in [0.29, 0.717) is 11.6 Å². The van der Waals surface area contributed by atoms with Gasteiger partial charge in [0, 0.05) is 37.8 Å². The Kier molecular flexibility index (Phi) is 4.54. The van der Waals surface area contributed by atoms with Crippen molar-refractivity contribution in [3.8, 4) is 0 Å². The van der Waals surface area contributed by atoms with Gasteiger partial charge in [0.05, 0.1) is 0 Å². The fourth-order valence-electron chi connectivity index (χ4n) is 3.94. The molecule has 4 rings (SSSR count). The molecule has 2 aromatic heterocycles. The van der Waals surface area contributed by atoms with E-state index in [0.717, 1.165) is 73.9 Å². The van der Waals surface area contributed by atoms with Crippen molar-refractivity contribution in [3.05, 3.63) is 22.8 Å². The molecule has 8 heteroatoms. The molecule has 1 N–H and O–H groups in total. The van der Waals surface area contributed by atoms with E-state index in [4.69, 9.17) is 0 Å². The Labute approximate surface area is 151 Å². The maximum atomic E-state index is 12.8. The molecule has 1 fully saturated rings. The average Bonchev–Trinajstić information content (AvgIpc) is 3.32. The maximum Gasteiger partial charge on any atom is 0.274 e. The lowest BCUT2D eigenvalue weighted by atomic mass is 9.93. The lowest BCUT2D eigenvalue weighted by molar-refractivity contribution is 0.0682. The number of rotatable bonds is 4. The van der Waals surface area contributed by atoms with E-state index in [1.165, 1.54) is 0 Å². The molecule has 25 heavy (non-hydrogen) atoms. The molecular weight excluding hydrogens is 336 g/mol. The molecule has 7 nitrogen and oxygen atoms in total. The number of hydrogen-bond acceptors (Lipinski definition) is 5. The van der Waals surface area contributed by atoms with Crippen molar-refractivity contribution in [1.29, 1.82) is 0 Å². The number of hydrogen-bond donors (Lipinski definition) is 1. The number of thioether (sulfide) groups is 1. The Morgan fingerprint density at radius 2 is 2.08 bits per heavy atom. The minimum Gasteiger partial charge on any atom is -0.337 e. The zero-order chi connectivity index (χ0) is 17.4. The molecule has 2 aliphatic rings. The summed E-state index contributed by atoms with van der Waals surface area (Å²) in [6.07, 6.45) is 8.11. The molecule has 134 valence electrons. The van der Waals surface area contributed by atoms with E-state index in [1.54, 1.807) is 11.8 Å². The van der Waals surface area contributed by atoms with E-state index in [9.17, 15) is 4.79 Å². The van der Waals surface area contributed by atoms with Crippen LogP contribution in [0, 0.1) is 5.92 Å². The van der Waals surface area contributed by atoms with Gasteiger partial charge in [0.1, 0.15) is 5.82 Å². The van der Waals surface area contributed by atoms with Gasteiger partial charge in [-0.25, -0.2) is 0 Å². The normalized spacial score (nSPS) is 17.9. The molecule has 0 unspecified atom stereocenters. The van der Waals surface area contributed by atoms with Crippen LogP contribution in [-0.4, -0.2) is 55.1 Å². The highest BCUT2D eigenvalue weighted by molar-refractivity contribution is 7.98. The Balaban J connectivity index is 1.36. The second kappa shape index (κ2) is 6.82. The van der Waals surface area contributed by atoms with Crippen LogP contribution in [0.2, 0.25) is 0 Å². The number of aryl methyl sites for hydroxylation is 1. The lowest BCUT2D eigenvalue weighted by Crippen LogP contribution is -2.39. The number of aromatic nitrogens is 5. The lowest BCUT2D eigenvalue weighted by Gasteiger charge is -2.31. The largest absolute Gasteiger partial charge is 0.337 e. The van der Waals surface area contributed by atoms with Crippen molar-refractivity contribution in [2.45, 2.75) is 43.7 Å². The quantitative estimate of drug-likeness (QED) is 0.842. The number of nitrogens with zero attached hydrogens (tertiary/aromatic N) is 5. The number of amides is 1. The van der Waals surface area contributed by atoms with Crippen LogP contribution < -0.4 is 0 Å². The summed E-state index contributed by atoms with van der Waals surface area (Å²) in [5.41, 5.74) is 2.96. The first kappa shape index (κ1) is 16.6. The molecule has 0 radical (unpaired) electrons. The summed E-state index contributed by atoms with van der Waals surface area (Å²) >= 11 is 1.62. The summed E-state index contributed by atoms with van der Waals surface area (Å²) < 4.78 is 2.08. The highest BCUT2D eigenvalue weighted by atomic mass is 32.2. The first-order valence-corrected chi connectivity index (χ1v) is 10.2. The number of carbonyl (C=O) groups is 1. The van der Waals surface area contributed by atoms with Crippen molar-refractivity contribution in [3.63, 3.8) is 0 Å². The minimum atomic E-state index is 0.0983. The van der Waals surface area contributed by atoms with Crippen LogP contribution in [0.25, 0.3) is 0 Å². The van der Waals surface area contributed by atoms with Crippen LogP contribution in [-0.2, 0) is 26.3 Å². The highest BCUT2D eigenvalue weighted by Gasteiger charge is 2.29. The Hall–Kier alpha value is -1.83. The maximum absolute atomic E-state index is 12.8. The van der Waals surface area contributed by atoms with Gasteiger partial charge in [0.15, 0.2) is 10.9 Å². The van der Waals surface area contributed by atoms with Gasteiger partial charge in [-0.05, 0) is 44.3 Å². The standard InChI is InChI=1S/C17H24N6OS/c1-22-14(19-21-17(22)25-2)10-11-6-8-23(9-7-11)16(24)15-12-4-3-5-13(12)18-20-15/h11H,3-10H2,1-2H3,(H,18,20). The SMILES string of the molecule is CSc1nnc(CC2CCN(C(=O)c3n[nH]c4c3CCC4)CC2)n1C. The number of nitrogens with one attached hydrogen (secondary N) is 1. The van der Waals surface area contributed by atoms with Crippen molar-refractivity contribution >= 4 is 17.7 Å². The van der Waals surface area contributed by atoms with Crippen molar-refractivity contribution in [1.82, 2.24) is 29.9 Å². The number of aromatic amines is 1. The molecule has 1 aliphatic carbocycles. The zero-order valence-electron chi connectivity index (χ0n) is 14.8. The van der Waals surface area contributed by atoms with E-state index in [1.807, 2.05) is 18.2 Å². The zero-order valence-corrected chi connectivity index (χ0v) is 15.6. The number of fused-ring (bicyclic) bond motifs is 1. The topological polar surface area (TPSA) is 79.7 Å². The Morgan fingerprint density at radius 3 is 2.80 bits per heavy atom. The number of carbonyl (C=O) groups excluding carboxylic acids is 1. The van der Waals surface area contributed by atoms with Gasteiger partial charge < -0.3 is 9.47 Å². The molecule has 1 saturated heterocycles. The van der Waals surface area contributed by atoms with Crippen LogP contribution in [0.4, 0.5) is 0 Å². The average molecular weight is 360 g/mol. The van der Waals surface area contributed by atoms with Crippen molar-refractivity contribution < 1.29 is 4.79 Å². The molecule has 1 aliphatic heterocycles. The van der Waals surface area contributed by atoms with Crippen LogP contribution in [0.3, 0.4) is 0 Å². The van der Waals surface area contributed by atoms with Gasteiger partial charge in [-0.1, -0.05) is 11.8 Å². The monoisotopic (exact) mass is 360 g/mol. The third kappa shape index (κ3) is 3.07. The van der Waals surface area contributed by atoms with E-state index in [2.05, 4.69) is 25.0 Å². The van der Waals surface area contributed by atoms with Crippen LogP contribution in [0.15, 0.2) is 5.16 Å². The second-order valence-electron chi connectivity index (χ2n) is 6.98. The van der Waals surface area contributed by atoms with Gasteiger partial charge in [0.2, 0.25) is 0 Å².